The van der Waals surface area contributed by atoms with Crippen LogP contribution in [-0.4, -0.2) is 54.9 Å². The average Bonchev–Trinajstić information content (AvgIpc) is 2.60. The third kappa shape index (κ3) is 4.26. The summed E-state index contributed by atoms with van der Waals surface area (Å²) >= 11 is 0. The minimum Gasteiger partial charge on any atom is -0.495 e. The summed E-state index contributed by atoms with van der Waals surface area (Å²) in [5.74, 6) is 0.0715. The minimum absolute atomic E-state index is 0.0113. The van der Waals surface area contributed by atoms with Crippen LogP contribution in [0.4, 0.5) is 5.69 Å². The van der Waals surface area contributed by atoms with Gasteiger partial charge in [0.05, 0.1) is 12.8 Å². The molecule has 0 spiro atoms. The lowest BCUT2D eigenvalue weighted by Gasteiger charge is -2.33. The van der Waals surface area contributed by atoms with Gasteiger partial charge in [-0.1, -0.05) is 12.1 Å². The number of amides is 2. The number of methoxy groups -OCH3 is 1. The Hall–Kier alpha value is -3.01. The second-order valence-electron chi connectivity index (χ2n) is 5.35. The number of benzene rings is 1. The van der Waals surface area contributed by atoms with E-state index in [1.807, 2.05) is 11.0 Å². The number of hydrogen-bond donors (Lipinski definition) is 1. The van der Waals surface area contributed by atoms with E-state index in [1.54, 1.807) is 35.4 Å². The van der Waals surface area contributed by atoms with Gasteiger partial charge in [0.2, 0.25) is 5.91 Å². The smallest absolute Gasteiger partial charge is 0.267 e. The van der Waals surface area contributed by atoms with Crippen LogP contribution in [0.2, 0.25) is 0 Å². The van der Waals surface area contributed by atoms with Gasteiger partial charge in [-0.05, 0) is 12.1 Å². The van der Waals surface area contributed by atoms with Gasteiger partial charge in [0.1, 0.15) is 17.4 Å². The van der Waals surface area contributed by atoms with Crippen molar-refractivity contribution in [1.82, 2.24) is 9.80 Å². The highest BCUT2D eigenvalue weighted by molar-refractivity contribution is 6.07. The van der Waals surface area contributed by atoms with E-state index >= 15 is 0 Å². The first kappa shape index (κ1) is 17.3. The molecule has 1 aliphatic rings. The van der Waals surface area contributed by atoms with Crippen LogP contribution in [0.5, 0.6) is 5.75 Å². The molecule has 0 aliphatic carbocycles. The molecule has 1 fully saturated rings. The van der Waals surface area contributed by atoms with Crippen LogP contribution in [-0.2, 0) is 9.59 Å². The van der Waals surface area contributed by atoms with Crippen molar-refractivity contribution >= 4 is 17.5 Å². The molecular weight excluding hydrogens is 308 g/mol. The molecule has 2 rings (SSSR count). The van der Waals surface area contributed by atoms with E-state index in [-0.39, 0.29) is 11.5 Å². The Balaban J connectivity index is 2.04. The number of ether oxygens (including phenoxy) is 1. The predicted molar refractivity (Wildman–Crippen MR) is 89.1 cm³/mol. The molecule has 1 saturated heterocycles. The number of rotatable bonds is 4. The van der Waals surface area contributed by atoms with Gasteiger partial charge >= 0.3 is 0 Å². The van der Waals surface area contributed by atoms with Crippen molar-refractivity contribution in [3.63, 3.8) is 0 Å². The second-order valence-corrected chi connectivity index (χ2v) is 5.35. The van der Waals surface area contributed by atoms with Crippen molar-refractivity contribution in [2.24, 2.45) is 0 Å². The maximum Gasteiger partial charge on any atom is 0.267 e. The van der Waals surface area contributed by atoms with E-state index in [4.69, 9.17) is 4.74 Å². The van der Waals surface area contributed by atoms with E-state index in [1.165, 1.54) is 14.0 Å². The molecule has 0 radical (unpaired) electrons. The molecule has 0 atom stereocenters. The number of carbonyl (C=O) groups excluding carboxylic acids is 2. The second kappa shape index (κ2) is 8.02. The highest BCUT2D eigenvalue weighted by Crippen LogP contribution is 2.23. The van der Waals surface area contributed by atoms with Gasteiger partial charge in [0.15, 0.2) is 0 Å². The van der Waals surface area contributed by atoms with Crippen molar-refractivity contribution in [2.75, 3.05) is 38.6 Å². The molecule has 24 heavy (non-hydrogen) atoms. The quantitative estimate of drug-likeness (QED) is 0.663. The number of hydrogen-bond acceptors (Lipinski definition) is 5. The van der Waals surface area contributed by atoms with Gasteiger partial charge in [0.25, 0.3) is 5.91 Å². The molecule has 126 valence electrons. The molecule has 1 N–H and O–H groups in total. The van der Waals surface area contributed by atoms with E-state index in [2.05, 4.69) is 5.32 Å². The number of anilines is 1. The molecule has 1 aromatic rings. The first-order valence-corrected chi connectivity index (χ1v) is 7.61. The van der Waals surface area contributed by atoms with Gasteiger partial charge in [-0.2, -0.15) is 5.26 Å². The Bertz CT molecular complexity index is 685. The van der Waals surface area contributed by atoms with Crippen LogP contribution >= 0.6 is 0 Å². The number of para-hydroxylation sites is 2. The van der Waals surface area contributed by atoms with Gasteiger partial charge in [-0.3, -0.25) is 9.59 Å². The largest absolute Gasteiger partial charge is 0.495 e. The Labute approximate surface area is 141 Å². The fourth-order valence-corrected chi connectivity index (χ4v) is 2.42. The van der Waals surface area contributed by atoms with Crippen LogP contribution in [0.25, 0.3) is 0 Å². The third-order valence-electron chi connectivity index (χ3n) is 3.79. The molecule has 2 amide bonds. The van der Waals surface area contributed by atoms with Gasteiger partial charge in [-0.15, -0.1) is 0 Å². The number of carbonyl (C=O) groups is 2. The topological polar surface area (TPSA) is 85.7 Å². The standard InChI is InChI=1S/C17H20N4O3/c1-13(22)21-9-7-20(8-10-21)12-14(11-18)17(23)19-15-5-3-4-6-16(15)24-2/h3-6,12H,7-10H2,1-2H3,(H,19,23)/b14-12-. The Morgan fingerprint density at radius 2 is 1.92 bits per heavy atom. The van der Waals surface area contributed by atoms with Crippen molar-refractivity contribution in [2.45, 2.75) is 6.92 Å². The van der Waals surface area contributed by atoms with Gasteiger partial charge in [-0.25, -0.2) is 0 Å². The molecule has 0 saturated carbocycles. The number of nitrogens with zero attached hydrogens (tertiary/aromatic N) is 3. The fraction of sp³-hybridized carbons (Fsp3) is 0.353. The van der Waals surface area contributed by atoms with Crippen molar-refractivity contribution < 1.29 is 14.3 Å². The molecule has 0 unspecified atom stereocenters. The zero-order valence-corrected chi connectivity index (χ0v) is 13.8. The Morgan fingerprint density at radius 1 is 1.25 bits per heavy atom. The van der Waals surface area contributed by atoms with E-state index < -0.39 is 5.91 Å². The highest BCUT2D eigenvalue weighted by atomic mass is 16.5. The number of piperazine rings is 1. The summed E-state index contributed by atoms with van der Waals surface area (Å²) in [6.45, 7) is 3.88. The number of nitriles is 1. The summed E-state index contributed by atoms with van der Waals surface area (Å²) < 4.78 is 5.18. The Kier molecular flexibility index (Phi) is 5.79. The summed E-state index contributed by atoms with van der Waals surface area (Å²) in [6.07, 6.45) is 1.54. The average molecular weight is 328 g/mol. The predicted octanol–water partition coefficient (Wildman–Crippen LogP) is 1.21. The minimum atomic E-state index is -0.490. The molecule has 1 aromatic carbocycles. The SMILES string of the molecule is COc1ccccc1NC(=O)/C(C#N)=C\N1CCN(C(C)=O)CC1. The Morgan fingerprint density at radius 3 is 2.50 bits per heavy atom. The van der Waals surface area contributed by atoms with Crippen LogP contribution in [0, 0.1) is 11.3 Å². The van der Waals surface area contributed by atoms with E-state index in [0.29, 0.717) is 37.6 Å². The molecule has 0 bridgehead atoms. The summed E-state index contributed by atoms with van der Waals surface area (Å²) in [4.78, 5) is 27.2. The van der Waals surface area contributed by atoms with Crippen LogP contribution < -0.4 is 10.1 Å². The first-order valence-electron chi connectivity index (χ1n) is 7.61. The van der Waals surface area contributed by atoms with Crippen LogP contribution in [0.1, 0.15) is 6.92 Å². The van der Waals surface area contributed by atoms with Gasteiger partial charge < -0.3 is 19.9 Å². The zero-order valence-electron chi connectivity index (χ0n) is 13.8. The molecule has 0 aromatic heterocycles. The molecule has 7 nitrogen and oxygen atoms in total. The lowest BCUT2D eigenvalue weighted by Crippen LogP contribution is -2.46. The molecule has 1 heterocycles. The van der Waals surface area contributed by atoms with Crippen LogP contribution in [0.15, 0.2) is 36.0 Å². The first-order chi connectivity index (χ1) is 11.5. The molecular formula is C17H20N4O3. The van der Waals surface area contributed by atoms with Crippen molar-refractivity contribution in [3.8, 4) is 11.8 Å². The molecule has 7 heteroatoms. The maximum absolute atomic E-state index is 12.3. The van der Waals surface area contributed by atoms with Gasteiger partial charge in [0, 0.05) is 39.3 Å². The maximum atomic E-state index is 12.3. The van der Waals surface area contributed by atoms with Crippen LogP contribution in [0.3, 0.4) is 0 Å². The third-order valence-corrected chi connectivity index (χ3v) is 3.79. The van der Waals surface area contributed by atoms with Crippen molar-refractivity contribution in [3.05, 3.63) is 36.0 Å². The highest BCUT2D eigenvalue weighted by Gasteiger charge is 2.19. The summed E-state index contributed by atoms with van der Waals surface area (Å²) in [5.41, 5.74) is 0.518. The van der Waals surface area contributed by atoms with Crippen molar-refractivity contribution in [1.29, 1.82) is 5.26 Å². The van der Waals surface area contributed by atoms with E-state index in [9.17, 15) is 14.9 Å². The fourth-order valence-electron chi connectivity index (χ4n) is 2.42. The summed E-state index contributed by atoms with van der Waals surface area (Å²) in [7, 11) is 1.51. The summed E-state index contributed by atoms with van der Waals surface area (Å²) in [6, 6.07) is 8.93. The zero-order chi connectivity index (χ0) is 17.5. The summed E-state index contributed by atoms with van der Waals surface area (Å²) in [5, 5.41) is 12.0. The monoisotopic (exact) mass is 328 g/mol. The lowest BCUT2D eigenvalue weighted by molar-refractivity contribution is -0.130. The lowest BCUT2D eigenvalue weighted by atomic mass is 10.2. The number of nitrogens with one attached hydrogen (secondary N) is 1. The van der Waals surface area contributed by atoms with E-state index in [0.717, 1.165) is 0 Å². The normalized spacial score (nSPS) is 14.8. The molecule has 1 aliphatic heterocycles.